The Bertz CT molecular complexity index is 1080. The van der Waals surface area contributed by atoms with Gasteiger partial charge in [-0.1, -0.05) is 47.5 Å². The third-order valence-electron chi connectivity index (χ3n) is 5.91. The zero-order valence-electron chi connectivity index (χ0n) is 17.8. The number of carbonyl (C=O) groups is 1. The molecule has 0 saturated heterocycles. The molecule has 0 aliphatic heterocycles. The number of nitrogens with zero attached hydrogens (tertiary/aromatic N) is 2. The minimum atomic E-state index is 0.606. The molecular formula is C26H26Cl2N2O. The van der Waals surface area contributed by atoms with Gasteiger partial charge in [0.2, 0.25) is 6.41 Å². The van der Waals surface area contributed by atoms with Crippen LogP contribution in [0.1, 0.15) is 17.5 Å². The van der Waals surface area contributed by atoms with Gasteiger partial charge in [-0.2, -0.15) is 0 Å². The quantitative estimate of drug-likeness (QED) is 0.392. The molecule has 3 aromatic rings. The Labute approximate surface area is 194 Å². The molecule has 0 aromatic heterocycles. The lowest BCUT2D eigenvalue weighted by molar-refractivity contribution is -0.106. The highest BCUT2D eigenvalue weighted by molar-refractivity contribution is 6.36. The molecule has 0 heterocycles. The Morgan fingerprint density at radius 1 is 0.935 bits per heavy atom. The van der Waals surface area contributed by atoms with E-state index in [1.165, 1.54) is 17.5 Å². The zero-order chi connectivity index (χ0) is 22.0. The Kier molecular flexibility index (Phi) is 6.66. The van der Waals surface area contributed by atoms with E-state index in [-0.39, 0.29) is 0 Å². The first kappa shape index (κ1) is 21.9. The summed E-state index contributed by atoms with van der Waals surface area (Å²) < 4.78 is 0. The molecule has 4 rings (SSSR count). The second-order valence-corrected chi connectivity index (χ2v) is 9.31. The van der Waals surface area contributed by atoms with E-state index in [0.29, 0.717) is 16.0 Å². The lowest BCUT2D eigenvalue weighted by atomic mass is 9.83. The summed E-state index contributed by atoms with van der Waals surface area (Å²) in [6.45, 7) is 1.12. The van der Waals surface area contributed by atoms with Gasteiger partial charge in [0.05, 0.1) is 0 Å². The molecule has 31 heavy (non-hydrogen) atoms. The highest BCUT2D eigenvalue weighted by Gasteiger charge is 2.20. The van der Waals surface area contributed by atoms with Crippen molar-refractivity contribution in [2.45, 2.75) is 19.3 Å². The third-order valence-corrected chi connectivity index (χ3v) is 6.46. The predicted molar refractivity (Wildman–Crippen MR) is 131 cm³/mol. The van der Waals surface area contributed by atoms with E-state index in [1.54, 1.807) is 11.0 Å². The maximum absolute atomic E-state index is 12.0. The smallest absolute Gasteiger partial charge is 0.218 e. The summed E-state index contributed by atoms with van der Waals surface area (Å²) in [6.07, 6.45) is 4.23. The van der Waals surface area contributed by atoms with Crippen molar-refractivity contribution in [1.82, 2.24) is 4.90 Å². The maximum Gasteiger partial charge on any atom is 0.218 e. The van der Waals surface area contributed by atoms with Crippen molar-refractivity contribution < 1.29 is 4.79 Å². The van der Waals surface area contributed by atoms with Crippen LogP contribution in [0.5, 0.6) is 0 Å². The van der Waals surface area contributed by atoms with E-state index in [2.05, 4.69) is 37.2 Å². The van der Waals surface area contributed by atoms with Crippen molar-refractivity contribution in [3.05, 3.63) is 81.8 Å². The summed E-state index contributed by atoms with van der Waals surface area (Å²) in [4.78, 5) is 15.9. The van der Waals surface area contributed by atoms with E-state index >= 15 is 0 Å². The molecular weight excluding hydrogens is 427 g/mol. The summed E-state index contributed by atoms with van der Waals surface area (Å²) in [5, 5.41) is 1.22. The Morgan fingerprint density at radius 3 is 2.35 bits per heavy atom. The average Bonchev–Trinajstić information content (AvgIpc) is 2.74. The number of anilines is 2. The molecule has 1 unspecified atom stereocenters. The molecule has 1 amide bonds. The molecule has 0 saturated carbocycles. The molecule has 5 heteroatoms. The SMILES string of the molecule is CN(C)CC1CCc2cc(N(C=O)c3ccc(-c4ccc(Cl)cc4Cl)cc3)ccc2C1. The number of halogens is 2. The topological polar surface area (TPSA) is 23.6 Å². The molecule has 0 N–H and O–H groups in total. The number of amides is 1. The number of carbonyl (C=O) groups excluding carboxylic acids is 1. The van der Waals surface area contributed by atoms with Crippen LogP contribution < -0.4 is 4.90 Å². The summed E-state index contributed by atoms with van der Waals surface area (Å²) in [5.74, 6) is 0.697. The highest BCUT2D eigenvalue weighted by atomic mass is 35.5. The van der Waals surface area contributed by atoms with Crippen LogP contribution >= 0.6 is 23.2 Å². The zero-order valence-corrected chi connectivity index (χ0v) is 19.3. The first-order valence-electron chi connectivity index (χ1n) is 10.5. The molecule has 1 atom stereocenters. The number of fused-ring (bicyclic) bond motifs is 1. The van der Waals surface area contributed by atoms with Crippen LogP contribution in [-0.2, 0) is 17.6 Å². The highest BCUT2D eigenvalue weighted by Crippen LogP contribution is 2.34. The normalized spacial score (nSPS) is 15.6. The van der Waals surface area contributed by atoms with Gasteiger partial charge in [-0.05, 0) is 92.4 Å². The van der Waals surface area contributed by atoms with Crippen molar-refractivity contribution in [2.24, 2.45) is 5.92 Å². The Morgan fingerprint density at radius 2 is 1.68 bits per heavy atom. The van der Waals surface area contributed by atoms with Crippen molar-refractivity contribution in [2.75, 3.05) is 25.5 Å². The van der Waals surface area contributed by atoms with Crippen LogP contribution in [0.25, 0.3) is 11.1 Å². The lowest BCUT2D eigenvalue weighted by Gasteiger charge is -2.28. The molecule has 0 radical (unpaired) electrons. The average molecular weight is 453 g/mol. The van der Waals surface area contributed by atoms with Crippen LogP contribution in [0.2, 0.25) is 10.0 Å². The number of benzene rings is 3. The minimum absolute atomic E-state index is 0.606. The Hall–Kier alpha value is -2.33. The van der Waals surface area contributed by atoms with Crippen LogP contribution in [0, 0.1) is 5.92 Å². The fraction of sp³-hybridized carbons (Fsp3) is 0.269. The summed E-state index contributed by atoms with van der Waals surface area (Å²) >= 11 is 12.3. The van der Waals surface area contributed by atoms with E-state index in [4.69, 9.17) is 23.2 Å². The maximum atomic E-state index is 12.0. The van der Waals surface area contributed by atoms with Gasteiger partial charge in [-0.3, -0.25) is 9.69 Å². The van der Waals surface area contributed by atoms with Gasteiger partial charge >= 0.3 is 0 Å². The summed E-state index contributed by atoms with van der Waals surface area (Å²) in [6, 6.07) is 19.7. The van der Waals surface area contributed by atoms with Gasteiger partial charge in [-0.25, -0.2) is 0 Å². The van der Waals surface area contributed by atoms with Crippen LogP contribution in [0.4, 0.5) is 11.4 Å². The van der Waals surface area contributed by atoms with Crippen LogP contribution in [0.15, 0.2) is 60.7 Å². The van der Waals surface area contributed by atoms with Crippen molar-refractivity contribution >= 4 is 41.0 Å². The molecule has 160 valence electrons. The minimum Gasteiger partial charge on any atom is -0.309 e. The van der Waals surface area contributed by atoms with E-state index < -0.39 is 0 Å². The van der Waals surface area contributed by atoms with Gasteiger partial charge in [-0.15, -0.1) is 0 Å². The van der Waals surface area contributed by atoms with Crippen molar-refractivity contribution in [3.63, 3.8) is 0 Å². The Balaban J connectivity index is 1.56. The summed E-state index contributed by atoms with van der Waals surface area (Å²) in [5.41, 5.74) is 6.37. The largest absolute Gasteiger partial charge is 0.309 e. The van der Waals surface area contributed by atoms with Gasteiger partial charge < -0.3 is 4.90 Å². The predicted octanol–water partition coefficient (Wildman–Crippen LogP) is 6.62. The van der Waals surface area contributed by atoms with Crippen molar-refractivity contribution in [1.29, 1.82) is 0 Å². The van der Waals surface area contributed by atoms with E-state index in [0.717, 1.165) is 48.3 Å². The number of rotatable bonds is 6. The van der Waals surface area contributed by atoms with E-state index in [9.17, 15) is 4.79 Å². The second kappa shape index (κ2) is 9.44. The first-order valence-corrected chi connectivity index (χ1v) is 11.3. The molecule has 0 fully saturated rings. The molecule has 0 bridgehead atoms. The van der Waals surface area contributed by atoms with Gasteiger partial charge in [0.1, 0.15) is 0 Å². The monoisotopic (exact) mass is 452 g/mol. The number of hydrogen-bond donors (Lipinski definition) is 0. The molecule has 3 nitrogen and oxygen atoms in total. The molecule has 3 aromatic carbocycles. The number of hydrogen-bond acceptors (Lipinski definition) is 2. The van der Waals surface area contributed by atoms with Gasteiger partial charge in [0.15, 0.2) is 0 Å². The molecule has 0 spiro atoms. The van der Waals surface area contributed by atoms with Gasteiger partial charge in [0.25, 0.3) is 0 Å². The van der Waals surface area contributed by atoms with Crippen molar-refractivity contribution in [3.8, 4) is 11.1 Å². The standard InChI is InChI=1S/C26H26Cl2N2O/c1-29(2)16-18-3-4-21-14-24(11-7-20(21)13-18)30(17-31)23-9-5-19(6-10-23)25-12-8-22(27)15-26(25)28/h5-12,14-15,17-18H,3-4,13,16H2,1-2H3. The van der Waals surface area contributed by atoms with Crippen LogP contribution in [0.3, 0.4) is 0 Å². The molecule has 1 aliphatic carbocycles. The van der Waals surface area contributed by atoms with E-state index in [1.807, 2.05) is 36.4 Å². The molecule has 1 aliphatic rings. The van der Waals surface area contributed by atoms with Gasteiger partial charge in [0, 0.05) is 33.5 Å². The number of aryl methyl sites for hydroxylation is 1. The fourth-order valence-electron chi connectivity index (χ4n) is 4.43. The fourth-order valence-corrected chi connectivity index (χ4v) is 4.95. The first-order chi connectivity index (χ1) is 14.9. The summed E-state index contributed by atoms with van der Waals surface area (Å²) in [7, 11) is 4.26. The third kappa shape index (κ3) is 4.95. The second-order valence-electron chi connectivity index (χ2n) is 8.47. The lowest BCUT2D eigenvalue weighted by Crippen LogP contribution is -2.26. The van der Waals surface area contributed by atoms with Crippen LogP contribution in [-0.4, -0.2) is 32.0 Å².